The number of hydrogen-bond donors (Lipinski definition) is 2. The minimum absolute atomic E-state index is 0.345. The number of aryl methyl sites for hydroxylation is 1. The summed E-state index contributed by atoms with van der Waals surface area (Å²) in [4.78, 5) is 18.6. The summed E-state index contributed by atoms with van der Waals surface area (Å²) in [5.74, 6) is 1.52. The van der Waals surface area contributed by atoms with Gasteiger partial charge in [0.1, 0.15) is 5.82 Å². The number of nitrogens with zero attached hydrogens (tertiary/aromatic N) is 4. The van der Waals surface area contributed by atoms with Crippen LogP contribution in [0, 0.1) is 0 Å². The number of fused-ring (bicyclic) bond motifs is 2. The molecular weight excluding hydrogens is 324 g/mol. The van der Waals surface area contributed by atoms with Crippen LogP contribution in [0.3, 0.4) is 0 Å². The summed E-state index contributed by atoms with van der Waals surface area (Å²) >= 11 is 0. The molecule has 6 nitrogen and oxygen atoms in total. The quantitative estimate of drug-likeness (QED) is 0.874. The van der Waals surface area contributed by atoms with E-state index < -0.39 is 0 Å². The number of hydrogen-bond acceptors (Lipinski definition) is 6. The normalized spacial score (nSPS) is 16.6. The smallest absolute Gasteiger partial charge is 0.224 e. The lowest BCUT2D eigenvalue weighted by molar-refractivity contribution is 0.752. The Balaban J connectivity index is 1.66. The van der Waals surface area contributed by atoms with E-state index in [0.29, 0.717) is 12.0 Å². The highest BCUT2D eigenvalue weighted by molar-refractivity contribution is 5.88. The Bertz CT molecular complexity index is 899. The van der Waals surface area contributed by atoms with Gasteiger partial charge in [-0.1, -0.05) is 13.0 Å². The molecule has 6 heteroatoms. The first-order valence-corrected chi connectivity index (χ1v) is 9.26. The van der Waals surface area contributed by atoms with Crippen LogP contribution in [0.2, 0.25) is 0 Å². The first-order chi connectivity index (χ1) is 12.6. The average Bonchev–Trinajstić information content (AvgIpc) is 2.66. The zero-order chi connectivity index (χ0) is 18.1. The third-order valence-corrected chi connectivity index (χ3v) is 4.90. The Labute approximate surface area is 153 Å². The number of nitrogens with one attached hydrogen (secondary N) is 2. The van der Waals surface area contributed by atoms with Crippen LogP contribution in [0.15, 0.2) is 29.4 Å². The van der Waals surface area contributed by atoms with Gasteiger partial charge in [0.15, 0.2) is 0 Å². The van der Waals surface area contributed by atoms with E-state index in [1.165, 1.54) is 5.71 Å². The summed E-state index contributed by atoms with van der Waals surface area (Å²) in [7, 11) is 0. The summed E-state index contributed by atoms with van der Waals surface area (Å²) in [5.41, 5.74) is 6.29. The lowest BCUT2D eigenvalue weighted by atomic mass is 9.99. The van der Waals surface area contributed by atoms with Crippen LogP contribution in [-0.4, -0.2) is 33.3 Å². The average molecular weight is 348 g/mol. The van der Waals surface area contributed by atoms with Crippen LogP contribution in [0.25, 0.3) is 5.57 Å². The Kier molecular flexibility index (Phi) is 4.41. The number of rotatable bonds is 4. The van der Waals surface area contributed by atoms with Crippen LogP contribution in [-0.2, 0) is 6.42 Å². The summed E-state index contributed by atoms with van der Waals surface area (Å²) in [6, 6.07) is 4.47. The molecule has 0 saturated carbocycles. The van der Waals surface area contributed by atoms with Gasteiger partial charge < -0.3 is 10.6 Å². The third kappa shape index (κ3) is 3.19. The highest BCUT2D eigenvalue weighted by atomic mass is 15.2. The van der Waals surface area contributed by atoms with Crippen molar-refractivity contribution in [2.24, 2.45) is 4.99 Å². The fourth-order valence-corrected chi connectivity index (χ4v) is 3.20. The monoisotopic (exact) mass is 348 g/mol. The standard InChI is InChI=1S/C20H24N6/c1-4-12(2)24-20-22-11-15-14(9-10-21-19(15)26-20)16-7-8-17-18(25-16)6-5-13(3)23-17/h7-9,11-12H,4-6,10H2,1-3H3,(H2,21,22,24,26)/t12-/m0/s1. The Morgan fingerprint density at radius 2 is 2.12 bits per heavy atom. The van der Waals surface area contributed by atoms with E-state index in [0.717, 1.165) is 59.8 Å². The molecule has 0 fully saturated rings. The molecule has 2 aromatic rings. The van der Waals surface area contributed by atoms with Crippen LogP contribution >= 0.6 is 0 Å². The van der Waals surface area contributed by atoms with Crippen molar-refractivity contribution in [2.45, 2.75) is 46.1 Å². The SMILES string of the molecule is CC[C@H](C)Nc1ncc2c(n1)NCC=C2c1ccc2c(n1)CCC(C)=N2. The molecule has 0 saturated heterocycles. The Hall–Kier alpha value is -2.76. The Morgan fingerprint density at radius 3 is 2.96 bits per heavy atom. The van der Waals surface area contributed by atoms with Gasteiger partial charge in [0, 0.05) is 35.6 Å². The second-order valence-electron chi connectivity index (χ2n) is 6.92. The largest absolute Gasteiger partial charge is 0.366 e. The van der Waals surface area contributed by atoms with Gasteiger partial charge in [-0.15, -0.1) is 0 Å². The Morgan fingerprint density at radius 1 is 1.23 bits per heavy atom. The molecule has 26 heavy (non-hydrogen) atoms. The molecule has 2 aromatic heterocycles. The predicted octanol–water partition coefficient (Wildman–Crippen LogP) is 3.98. The van der Waals surface area contributed by atoms with Gasteiger partial charge in [0.25, 0.3) is 0 Å². The molecule has 4 heterocycles. The van der Waals surface area contributed by atoms with Gasteiger partial charge in [-0.25, -0.2) is 4.98 Å². The molecule has 0 amide bonds. The first kappa shape index (κ1) is 16.7. The van der Waals surface area contributed by atoms with Gasteiger partial charge in [-0.3, -0.25) is 9.98 Å². The lowest BCUT2D eigenvalue weighted by Crippen LogP contribution is -2.18. The number of anilines is 2. The van der Waals surface area contributed by atoms with Crippen molar-refractivity contribution in [3.05, 3.63) is 41.4 Å². The molecule has 0 spiro atoms. The number of pyridine rings is 1. The maximum atomic E-state index is 4.88. The lowest BCUT2D eigenvalue weighted by Gasteiger charge is -2.21. The van der Waals surface area contributed by atoms with Crippen LogP contribution in [0.4, 0.5) is 17.5 Å². The maximum Gasteiger partial charge on any atom is 0.224 e. The molecule has 2 aliphatic heterocycles. The zero-order valence-corrected chi connectivity index (χ0v) is 15.5. The number of aromatic nitrogens is 3. The van der Waals surface area contributed by atoms with E-state index in [9.17, 15) is 0 Å². The van der Waals surface area contributed by atoms with Gasteiger partial charge in [0.2, 0.25) is 5.95 Å². The van der Waals surface area contributed by atoms with Crippen molar-refractivity contribution in [3.63, 3.8) is 0 Å². The molecule has 0 radical (unpaired) electrons. The molecule has 0 aromatic carbocycles. The molecule has 2 aliphatic rings. The van der Waals surface area contributed by atoms with Crippen molar-refractivity contribution in [2.75, 3.05) is 17.2 Å². The predicted molar refractivity (Wildman–Crippen MR) is 106 cm³/mol. The second kappa shape index (κ2) is 6.86. The van der Waals surface area contributed by atoms with Gasteiger partial charge >= 0.3 is 0 Å². The fourth-order valence-electron chi connectivity index (χ4n) is 3.20. The molecule has 0 aliphatic carbocycles. The van der Waals surface area contributed by atoms with E-state index in [4.69, 9.17) is 4.98 Å². The van der Waals surface area contributed by atoms with Gasteiger partial charge in [-0.2, -0.15) is 4.98 Å². The van der Waals surface area contributed by atoms with E-state index in [1.54, 1.807) is 0 Å². The van der Waals surface area contributed by atoms with E-state index in [1.807, 2.05) is 12.3 Å². The highest BCUT2D eigenvalue weighted by Gasteiger charge is 2.20. The molecule has 4 rings (SSSR count). The zero-order valence-electron chi connectivity index (χ0n) is 15.5. The van der Waals surface area contributed by atoms with Crippen LogP contribution in [0.1, 0.15) is 50.6 Å². The van der Waals surface area contributed by atoms with Gasteiger partial charge in [-0.05, 0) is 45.2 Å². The van der Waals surface area contributed by atoms with Crippen molar-refractivity contribution >= 4 is 28.7 Å². The molecular formula is C20H24N6. The molecule has 1 atom stereocenters. The first-order valence-electron chi connectivity index (χ1n) is 9.26. The van der Waals surface area contributed by atoms with Crippen LogP contribution < -0.4 is 10.6 Å². The van der Waals surface area contributed by atoms with E-state index in [-0.39, 0.29) is 0 Å². The summed E-state index contributed by atoms with van der Waals surface area (Å²) < 4.78 is 0. The van der Waals surface area contributed by atoms with Crippen molar-refractivity contribution in [1.82, 2.24) is 15.0 Å². The van der Waals surface area contributed by atoms with Crippen molar-refractivity contribution < 1.29 is 0 Å². The third-order valence-electron chi connectivity index (χ3n) is 4.90. The van der Waals surface area contributed by atoms with Crippen LogP contribution in [0.5, 0.6) is 0 Å². The fraction of sp³-hybridized carbons (Fsp3) is 0.400. The second-order valence-corrected chi connectivity index (χ2v) is 6.92. The summed E-state index contributed by atoms with van der Waals surface area (Å²) in [6.07, 6.45) is 6.99. The number of aliphatic imine (C=N–C) groups is 1. The topological polar surface area (TPSA) is 75.1 Å². The van der Waals surface area contributed by atoms with E-state index in [2.05, 4.69) is 58.5 Å². The van der Waals surface area contributed by atoms with Gasteiger partial charge in [0.05, 0.1) is 17.1 Å². The minimum atomic E-state index is 0.345. The highest BCUT2D eigenvalue weighted by Crippen LogP contribution is 2.33. The maximum absolute atomic E-state index is 4.88. The molecule has 0 bridgehead atoms. The van der Waals surface area contributed by atoms with E-state index >= 15 is 0 Å². The summed E-state index contributed by atoms with van der Waals surface area (Å²) in [5, 5.41) is 6.67. The molecule has 2 N–H and O–H groups in total. The van der Waals surface area contributed by atoms with Crippen molar-refractivity contribution in [3.8, 4) is 0 Å². The summed E-state index contributed by atoms with van der Waals surface area (Å²) in [6.45, 7) is 7.08. The molecule has 0 unspecified atom stereocenters. The minimum Gasteiger partial charge on any atom is -0.366 e. The molecule has 134 valence electrons. The van der Waals surface area contributed by atoms with Crippen molar-refractivity contribution in [1.29, 1.82) is 0 Å².